The fourth-order valence-electron chi connectivity index (χ4n) is 5.25. The summed E-state index contributed by atoms with van der Waals surface area (Å²) in [5.74, 6) is -0.0808. The number of nitrogens with one attached hydrogen (secondary N) is 1. The van der Waals surface area contributed by atoms with E-state index in [1.807, 2.05) is 36.4 Å². The number of hydrogen-bond donors (Lipinski definition) is 1. The smallest absolute Gasteiger partial charge is 0.290 e. The van der Waals surface area contributed by atoms with Crippen LogP contribution in [-0.4, -0.2) is 45.1 Å². The minimum absolute atomic E-state index is 0.160. The van der Waals surface area contributed by atoms with Crippen LogP contribution in [-0.2, 0) is 24.1 Å². The Labute approximate surface area is 206 Å². The Morgan fingerprint density at radius 1 is 1.11 bits per heavy atom. The molecule has 2 aromatic carbocycles. The number of aromatic nitrogens is 2. The number of aryl methyl sites for hydroxylation is 2. The van der Waals surface area contributed by atoms with Gasteiger partial charge in [0, 0.05) is 25.6 Å². The molecule has 0 fully saturated rings. The summed E-state index contributed by atoms with van der Waals surface area (Å²) < 4.78 is 14.3. The predicted molar refractivity (Wildman–Crippen MR) is 134 cm³/mol. The van der Waals surface area contributed by atoms with Crippen LogP contribution in [0.25, 0.3) is 16.6 Å². The van der Waals surface area contributed by atoms with Crippen LogP contribution >= 0.6 is 11.7 Å². The molecule has 1 aliphatic carbocycles. The van der Waals surface area contributed by atoms with Gasteiger partial charge in [0.05, 0.1) is 18.0 Å². The molecule has 2 aromatic heterocycles. The van der Waals surface area contributed by atoms with Gasteiger partial charge in [-0.05, 0) is 65.3 Å². The summed E-state index contributed by atoms with van der Waals surface area (Å²) in [4.78, 5) is 28.3. The van der Waals surface area contributed by atoms with Crippen LogP contribution in [0.3, 0.4) is 0 Å². The van der Waals surface area contributed by atoms with Gasteiger partial charge in [0.2, 0.25) is 5.91 Å². The van der Waals surface area contributed by atoms with Crippen LogP contribution in [0.15, 0.2) is 64.8 Å². The minimum atomic E-state index is -0.574. The van der Waals surface area contributed by atoms with E-state index in [4.69, 9.17) is 4.42 Å². The van der Waals surface area contributed by atoms with Crippen molar-refractivity contribution in [1.82, 2.24) is 19.0 Å². The summed E-state index contributed by atoms with van der Waals surface area (Å²) in [6.45, 7) is 0.425. The first-order chi connectivity index (χ1) is 17.1. The Hall–Kier alpha value is -3.78. The largest absolute Gasteiger partial charge is 0.459 e. The fourth-order valence-corrected chi connectivity index (χ4v) is 5.77. The quantitative estimate of drug-likeness (QED) is 0.462. The molecule has 1 N–H and O–H groups in total. The van der Waals surface area contributed by atoms with E-state index >= 15 is 0 Å². The number of fused-ring (bicyclic) bond motifs is 3. The minimum Gasteiger partial charge on any atom is -0.459 e. The molecule has 0 saturated carbocycles. The van der Waals surface area contributed by atoms with Gasteiger partial charge in [-0.25, -0.2) is 0 Å². The summed E-state index contributed by atoms with van der Waals surface area (Å²) in [6, 6.07) is 15.6. The van der Waals surface area contributed by atoms with Crippen molar-refractivity contribution in [3.8, 4) is 0 Å². The lowest BCUT2D eigenvalue weighted by Gasteiger charge is -2.35. The van der Waals surface area contributed by atoms with Gasteiger partial charge >= 0.3 is 0 Å². The predicted octanol–water partition coefficient (Wildman–Crippen LogP) is 4.04. The van der Waals surface area contributed by atoms with E-state index in [0.717, 1.165) is 35.0 Å². The zero-order valence-electron chi connectivity index (χ0n) is 19.3. The van der Waals surface area contributed by atoms with Gasteiger partial charge in [-0.1, -0.05) is 30.3 Å². The van der Waals surface area contributed by atoms with Gasteiger partial charge < -0.3 is 14.6 Å². The zero-order valence-corrected chi connectivity index (χ0v) is 20.1. The summed E-state index contributed by atoms with van der Waals surface area (Å²) in [5, 5.41) is 2.75. The summed E-state index contributed by atoms with van der Waals surface area (Å²) in [5.41, 5.74) is 8.62. The van der Waals surface area contributed by atoms with E-state index in [9.17, 15) is 9.59 Å². The Balaban J connectivity index is 1.25. The molecule has 2 aliphatic rings. The van der Waals surface area contributed by atoms with Gasteiger partial charge in [-0.2, -0.15) is 8.75 Å². The second-order valence-corrected chi connectivity index (χ2v) is 9.57. The second-order valence-electron chi connectivity index (χ2n) is 9.05. The Morgan fingerprint density at radius 2 is 1.97 bits per heavy atom. The van der Waals surface area contributed by atoms with E-state index in [0.29, 0.717) is 25.1 Å². The van der Waals surface area contributed by atoms with E-state index in [1.165, 1.54) is 34.0 Å². The van der Waals surface area contributed by atoms with E-state index < -0.39 is 6.04 Å². The maximum atomic E-state index is 13.7. The van der Waals surface area contributed by atoms with Crippen molar-refractivity contribution < 1.29 is 14.0 Å². The number of amides is 2. The van der Waals surface area contributed by atoms with Crippen molar-refractivity contribution >= 4 is 40.1 Å². The molecule has 4 aromatic rings. The molecule has 176 valence electrons. The van der Waals surface area contributed by atoms with Gasteiger partial charge in [-0.15, -0.1) is 0 Å². The topological polar surface area (TPSA) is 88.3 Å². The molecule has 3 heterocycles. The highest BCUT2D eigenvalue weighted by molar-refractivity contribution is 7.00. The molecule has 35 heavy (non-hydrogen) atoms. The van der Waals surface area contributed by atoms with Crippen molar-refractivity contribution in [3.63, 3.8) is 0 Å². The maximum Gasteiger partial charge on any atom is 0.290 e. The highest BCUT2D eigenvalue weighted by Crippen LogP contribution is 2.40. The van der Waals surface area contributed by atoms with Gasteiger partial charge in [0.15, 0.2) is 5.76 Å². The zero-order chi connectivity index (χ0) is 23.9. The number of carbonyl (C=O) groups excluding carboxylic acids is 2. The molecule has 0 spiro atoms. The van der Waals surface area contributed by atoms with Crippen LogP contribution < -0.4 is 5.32 Å². The fraction of sp³-hybridized carbons (Fsp3) is 0.259. The lowest BCUT2D eigenvalue weighted by molar-refractivity contribution is -0.125. The van der Waals surface area contributed by atoms with Gasteiger partial charge in [0.25, 0.3) is 5.91 Å². The average molecular weight is 485 g/mol. The molecule has 6 rings (SSSR count). The van der Waals surface area contributed by atoms with Crippen LogP contribution in [0, 0.1) is 0 Å². The molecule has 8 heteroatoms. The first-order valence-corrected chi connectivity index (χ1v) is 12.4. The molecule has 1 atom stereocenters. The highest BCUT2D eigenvalue weighted by Gasteiger charge is 2.39. The molecule has 7 nitrogen and oxygen atoms in total. The lowest BCUT2D eigenvalue weighted by atomic mass is 9.92. The van der Waals surface area contributed by atoms with E-state index in [1.54, 1.807) is 18.2 Å². The molecule has 2 amide bonds. The average Bonchev–Trinajstić information content (AvgIpc) is 3.63. The van der Waals surface area contributed by atoms with E-state index in [-0.39, 0.29) is 11.8 Å². The molecule has 0 bridgehead atoms. The summed E-state index contributed by atoms with van der Waals surface area (Å²) >= 11 is 1.20. The monoisotopic (exact) mass is 484 g/mol. The van der Waals surface area contributed by atoms with E-state index in [2.05, 4.69) is 26.2 Å². The number of furan rings is 1. The molecule has 0 saturated heterocycles. The SMILES string of the molecule is CNC(=O)[C@H]1CC2=C(Cc3ccccc32)CN1C(=O)c1occc1CCc1ccc2nsnc2c1. The van der Waals surface area contributed by atoms with Crippen molar-refractivity contribution in [2.45, 2.75) is 31.7 Å². The molecule has 1 aliphatic heterocycles. The van der Waals surface area contributed by atoms with Crippen LogP contribution in [0.4, 0.5) is 0 Å². The van der Waals surface area contributed by atoms with Crippen LogP contribution in [0.2, 0.25) is 0 Å². The number of hydrogen-bond acceptors (Lipinski definition) is 6. The third-order valence-corrected chi connectivity index (χ3v) is 7.62. The van der Waals surface area contributed by atoms with Crippen LogP contribution in [0.5, 0.6) is 0 Å². The van der Waals surface area contributed by atoms with Gasteiger partial charge in [-0.3, -0.25) is 9.59 Å². The first kappa shape index (κ1) is 21.7. The maximum absolute atomic E-state index is 13.7. The highest BCUT2D eigenvalue weighted by atomic mass is 32.1. The third kappa shape index (κ3) is 3.83. The number of benzene rings is 2. The molecule has 0 radical (unpaired) electrons. The number of likely N-dealkylation sites (N-methyl/N-ethyl adjacent to an activating group) is 1. The lowest BCUT2D eigenvalue weighted by Crippen LogP contribution is -2.51. The summed E-state index contributed by atoms with van der Waals surface area (Å²) in [6.07, 6.45) is 4.28. The van der Waals surface area contributed by atoms with Crippen molar-refractivity contribution in [2.24, 2.45) is 0 Å². The Bertz CT molecular complexity index is 1480. The number of carbonyl (C=O) groups is 2. The van der Waals surface area contributed by atoms with Crippen molar-refractivity contribution in [1.29, 1.82) is 0 Å². The normalized spacial score (nSPS) is 16.9. The Kier molecular flexibility index (Phi) is 5.45. The van der Waals surface area contributed by atoms with Gasteiger partial charge in [0.1, 0.15) is 17.1 Å². The molecular weight excluding hydrogens is 460 g/mol. The standard InChI is InChI=1S/C27H24N4O3S/c1-28-26(32)24-14-21-19(13-18-4-2-3-5-20(18)21)15-31(24)27(33)25-17(10-11-34-25)8-6-16-7-9-22-23(12-16)30-35-29-22/h2-5,7,9-12,24H,6,8,13-15H2,1H3,(H,28,32)/t24-/m1/s1. The van der Waals surface area contributed by atoms with Crippen molar-refractivity contribution in [3.05, 3.63) is 88.4 Å². The first-order valence-electron chi connectivity index (χ1n) is 11.7. The number of nitrogens with zero attached hydrogens (tertiary/aromatic N) is 3. The molecule has 0 unspecified atom stereocenters. The Morgan fingerprint density at radius 3 is 2.86 bits per heavy atom. The molecular formula is C27H24N4O3S. The third-order valence-electron chi connectivity index (χ3n) is 7.06. The summed E-state index contributed by atoms with van der Waals surface area (Å²) in [7, 11) is 1.62. The number of rotatable bonds is 5. The second kappa shape index (κ2) is 8.78. The van der Waals surface area contributed by atoms with Crippen molar-refractivity contribution in [2.75, 3.05) is 13.6 Å². The van der Waals surface area contributed by atoms with Crippen LogP contribution in [0.1, 0.15) is 39.2 Å².